The Kier molecular flexibility index (Phi) is 4.51. The summed E-state index contributed by atoms with van der Waals surface area (Å²) in [5.41, 5.74) is 4.00. The van der Waals surface area contributed by atoms with Gasteiger partial charge in [-0.25, -0.2) is 9.97 Å². The van der Waals surface area contributed by atoms with Crippen molar-refractivity contribution in [3.05, 3.63) is 29.8 Å². The molecule has 12 heteroatoms. The van der Waals surface area contributed by atoms with Gasteiger partial charge in [-0.1, -0.05) is 0 Å². The van der Waals surface area contributed by atoms with E-state index in [1.54, 1.807) is 4.90 Å². The molecule has 1 saturated heterocycles. The van der Waals surface area contributed by atoms with Crippen molar-refractivity contribution >= 4 is 11.7 Å². The Morgan fingerprint density at radius 1 is 1.20 bits per heavy atom. The van der Waals surface area contributed by atoms with Crippen LogP contribution in [0.4, 0.5) is 32.2 Å². The molecule has 2 N–H and O–H groups in total. The van der Waals surface area contributed by atoms with Crippen molar-refractivity contribution in [2.75, 3.05) is 18.8 Å². The zero-order chi connectivity index (χ0) is 22.0. The fourth-order valence-electron chi connectivity index (χ4n) is 4.15. The van der Waals surface area contributed by atoms with E-state index in [9.17, 15) is 31.1 Å². The fraction of sp³-hybridized carbons (Fsp3) is 0.500. The molecule has 2 aliphatic rings. The summed E-state index contributed by atoms with van der Waals surface area (Å²) in [6.45, 7) is 2.30. The minimum atomic E-state index is -4.76. The van der Waals surface area contributed by atoms with Crippen LogP contribution < -0.4 is 5.73 Å². The van der Waals surface area contributed by atoms with E-state index in [2.05, 4.69) is 9.97 Å². The first-order valence-electron chi connectivity index (χ1n) is 9.08. The summed E-state index contributed by atoms with van der Waals surface area (Å²) in [5.74, 6) is -1.11. The van der Waals surface area contributed by atoms with E-state index in [0.717, 1.165) is 12.3 Å². The standard InChI is InChI=1S/C18H17F6N5O/c1-8(30)28-5-10-11(6-28)15(10)29-7-13(27-14(29)3-17(19,20)21)9-2-12(18(22,23)24)16(25)26-4-9/h2,4,7,10-11,15H,3,5-6H2,1H3,(H2,25,26)/t10-,11+,15?. The SMILES string of the molecule is CC(=O)N1C[C@@H]2C(n3cc(-c4cnc(N)c(C(F)(F)F)c4)nc3CC(F)(F)F)[C@@H]2C1. The molecule has 2 aromatic rings. The average Bonchev–Trinajstić information content (AvgIpc) is 2.94. The van der Waals surface area contributed by atoms with Gasteiger partial charge >= 0.3 is 12.4 Å². The highest BCUT2D eigenvalue weighted by atomic mass is 19.4. The lowest BCUT2D eigenvalue weighted by Crippen LogP contribution is -2.30. The highest BCUT2D eigenvalue weighted by Gasteiger charge is 2.58. The van der Waals surface area contributed by atoms with Crippen LogP contribution in [0.2, 0.25) is 0 Å². The van der Waals surface area contributed by atoms with Gasteiger partial charge in [0.2, 0.25) is 5.91 Å². The number of nitrogens with zero attached hydrogens (tertiary/aromatic N) is 4. The van der Waals surface area contributed by atoms with Crippen molar-refractivity contribution in [1.29, 1.82) is 0 Å². The number of hydrogen-bond acceptors (Lipinski definition) is 4. The third-order valence-corrected chi connectivity index (χ3v) is 5.60. The summed E-state index contributed by atoms with van der Waals surface area (Å²) in [5, 5.41) is 0. The molecule has 1 saturated carbocycles. The van der Waals surface area contributed by atoms with E-state index in [0.29, 0.717) is 13.1 Å². The molecule has 0 spiro atoms. The topological polar surface area (TPSA) is 77.0 Å². The molecule has 6 nitrogen and oxygen atoms in total. The minimum Gasteiger partial charge on any atom is -0.383 e. The molecule has 162 valence electrons. The van der Waals surface area contributed by atoms with Crippen LogP contribution in [0.15, 0.2) is 18.5 Å². The van der Waals surface area contributed by atoms with Crippen LogP contribution in [0.5, 0.6) is 0 Å². The lowest BCUT2D eigenvalue weighted by Gasteiger charge is -2.19. The highest BCUT2D eigenvalue weighted by Crippen LogP contribution is 2.56. The van der Waals surface area contributed by atoms with Crippen molar-refractivity contribution in [2.24, 2.45) is 11.8 Å². The smallest absolute Gasteiger partial charge is 0.383 e. The number of imidazole rings is 1. The van der Waals surface area contributed by atoms with E-state index >= 15 is 0 Å². The van der Waals surface area contributed by atoms with Crippen LogP contribution in [0.25, 0.3) is 11.3 Å². The maximum absolute atomic E-state index is 13.1. The molecule has 1 amide bonds. The number of pyridine rings is 1. The van der Waals surface area contributed by atoms with E-state index < -0.39 is 30.2 Å². The molecule has 1 unspecified atom stereocenters. The molecule has 4 rings (SSSR count). The molecule has 0 bridgehead atoms. The Balaban J connectivity index is 1.69. The van der Waals surface area contributed by atoms with Crippen LogP contribution in [0.3, 0.4) is 0 Å². The predicted molar refractivity (Wildman–Crippen MR) is 92.9 cm³/mol. The first kappa shape index (κ1) is 20.5. The van der Waals surface area contributed by atoms with E-state index in [1.807, 2.05) is 0 Å². The molecule has 0 radical (unpaired) electrons. The number of fused-ring (bicyclic) bond motifs is 1. The lowest BCUT2D eigenvalue weighted by atomic mass is 10.1. The number of hydrogen-bond donors (Lipinski definition) is 1. The second kappa shape index (κ2) is 6.61. The molecular formula is C18H17F6N5O. The van der Waals surface area contributed by atoms with Gasteiger partial charge in [0, 0.05) is 55.8 Å². The number of carbonyl (C=O) groups excluding carboxylic acids is 1. The van der Waals surface area contributed by atoms with Gasteiger partial charge in [-0.05, 0) is 6.07 Å². The van der Waals surface area contributed by atoms with Gasteiger partial charge in [0.25, 0.3) is 0 Å². The molecule has 3 heterocycles. The van der Waals surface area contributed by atoms with Gasteiger partial charge < -0.3 is 15.2 Å². The van der Waals surface area contributed by atoms with Gasteiger partial charge in [-0.15, -0.1) is 0 Å². The minimum absolute atomic E-state index is 0.00166. The number of rotatable bonds is 3. The molecule has 3 atom stereocenters. The number of nitrogen functional groups attached to an aromatic ring is 1. The Morgan fingerprint density at radius 2 is 1.83 bits per heavy atom. The van der Waals surface area contributed by atoms with Crippen molar-refractivity contribution in [2.45, 2.75) is 31.7 Å². The number of halogens is 6. The van der Waals surface area contributed by atoms with Crippen LogP contribution in [0.1, 0.15) is 24.4 Å². The number of alkyl halides is 6. The monoisotopic (exact) mass is 433 g/mol. The quantitative estimate of drug-likeness (QED) is 0.754. The number of piperidine rings is 1. The number of aromatic nitrogens is 3. The lowest BCUT2D eigenvalue weighted by molar-refractivity contribution is -0.137. The van der Waals surface area contributed by atoms with Gasteiger partial charge in [-0.2, -0.15) is 26.3 Å². The summed E-state index contributed by atoms with van der Waals surface area (Å²) >= 11 is 0. The summed E-state index contributed by atoms with van der Waals surface area (Å²) in [6, 6.07) is 0.459. The largest absolute Gasteiger partial charge is 0.419 e. The van der Waals surface area contributed by atoms with E-state index in [4.69, 9.17) is 5.73 Å². The molecule has 30 heavy (non-hydrogen) atoms. The third kappa shape index (κ3) is 3.70. The van der Waals surface area contributed by atoms with Crippen molar-refractivity contribution in [3.63, 3.8) is 0 Å². The second-order valence-electron chi connectivity index (χ2n) is 7.64. The number of amides is 1. The molecule has 2 fully saturated rings. The maximum atomic E-state index is 13.1. The predicted octanol–water partition coefficient (Wildman–Crippen LogP) is 3.30. The molecule has 0 aromatic carbocycles. The number of nitrogens with two attached hydrogens (primary N) is 1. The summed E-state index contributed by atoms with van der Waals surface area (Å²) in [7, 11) is 0. The average molecular weight is 433 g/mol. The van der Waals surface area contributed by atoms with E-state index in [1.165, 1.54) is 17.7 Å². The zero-order valence-corrected chi connectivity index (χ0v) is 15.6. The van der Waals surface area contributed by atoms with Crippen molar-refractivity contribution in [3.8, 4) is 11.3 Å². The number of carbonyl (C=O) groups is 1. The first-order chi connectivity index (χ1) is 13.8. The molecule has 1 aliphatic carbocycles. The van der Waals surface area contributed by atoms with Gasteiger partial charge in [0.05, 0.1) is 11.3 Å². The highest BCUT2D eigenvalue weighted by molar-refractivity contribution is 5.74. The first-order valence-corrected chi connectivity index (χ1v) is 9.08. The number of anilines is 1. The number of likely N-dealkylation sites (tertiary alicyclic amines) is 1. The Bertz CT molecular complexity index is 986. The fourth-order valence-corrected chi connectivity index (χ4v) is 4.15. The molecule has 1 aliphatic heterocycles. The molecule has 2 aromatic heterocycles. The Morgan fingerprint density at radius 3 is 2.37 bits per heavy atom. The Labute approximate surface area is 166 Å². The van der Waals surface area contributed by atoms with Crippen LogP contribution in [0, 0.1) is 11.8 Å². The van der Waals surface area contributed by atoms with Crippen LogP contribution in [-0.2, 0) is 17.4 Å². The zero-order valence-electron chi connectivity index (χ0n) is 15.6. The normalized spacial score (nSPS) is 23.6. The van der Waals surface area contributed by atoms with Crippen LogP contribution in [-0.4, -0.2) is 44.6 Å². The maximum Gasteiger partial charge on any atom is 0.419 e. The second-order valence-corrected chi connectivity index (χ2v) is 7.64. The van der Waals surface area contributed by atoms with Gasteiger partial charge in [0.1, 0.15) is 18.1 Å². The van der Waals surface area contributed by atoms with Gasteiger partial charge in [0.15, 0.2) is 0 Å². The summed E-state index contributed by atoms with van der Waals surface area (Å²) in [4.78, 5) is 20.6. The van der Waals surface area contributed by atoms with E-state index in [-0.39, 0.29) is 40.9 Å². The summed E-state index contributed by atoms with van der Waals surface area (Å²) < 4.78 is 79.9. The van der Waals surface area contributed by atoms with Gasteiger partial charge in [-0.3, -0.25) is 4.79 Å². The summed E-state index contributed by atoms with van der Waals surface area (Å²) in [6.07, 6.45) is -8.22. The Hall–Kier alpha value is -2.79. The van der Waals surface area contributed by atoms with Crippen molar-refractivity contribution < 1.29 is 31.1 Å². The molecular weight excluding hydrogens is 416 g/mol. The van der Waals surface area contributed by atoms with Crippen LogP contribution >= 0.6 is 0 Å². The third-order valence-electron chi connectivity index (χ3n) is 5.60. The van der Waals surface area contributed by atoms with Crippen molar-refractivity contribution in [1.82, 2.24) is 19.4 Å².